The first-order valence-corrected chi connectivity index (χ1v) is 9.04. The van der Waals surface area contributed by atoms with E-state index >= 15 is 0 Å². The lowest BCUT2D eigenvalue weighted by Gasteiger charge is -2.16. The molecule has 1 atom stereocenters. The highest BCUT2D eigenvalue weighted by Crippen LogP contribution is 2.25. The quantitative estimate of drug-likeness (QED) is 0.616. The van der Waals surface area contributed by atoms with Crippen molar-refractivity contribution in [2.75, 3.05) is 5.32 Å². The number of aromatic nitrogens is 2. The molecule has 7 heteroatoms. The number of nitrogens with zero attached hydrogens (tertiary/aromatic N) is 2. The Morgan fingerprint density at radius 2 is 1.81 bits per heavy atom. The normalized spacial score (nSPS) is 11.9. The Morgan fingerprint density at radius 1 is 1.11 bits per heavy atom. The molecule has 0 spiro atoms. The Morgan fingerprint density at radius 3 is 2.44 bits per heavy atom. The van der Waals surface area contributed by atoms with Gasteiger partial charge in [0.05, 0.1) is 22.6 Å². The zero-order valence-corrected chi connectivity index (χ0v) is 16.3. The molecule has 2 aromatic carbocycles. The molecule has 0 radical (unpaired) electrons. The average molecular weight is 402 g/mol. The number of carbonyl (C=O) groups excluding carboxylic acids is 2. The molecule has 3 rings (SSSR count). The maximum atomic E-state index is 12.9. The minimum atomic E-state index is -0.604. The molecule has 0 saturated carbocycles. The van der Waals surface area contributed by atoms with Crippen LogP contribution in [0.15, 0.2) is 54.7 Å². The largest absolute Gasteiger partial charge is 0.324 e. The van der Waals surface area contributed by atoms with Crippen LogP contribution in [0.25, 0.3) is 0 Å². The van der Waals surface area contributed by atoms with E-state index in [1.165, 1.54) is 10.9 Å². The van der Waals surface area contributed by atoms with E-state index in [4.69, 9.17) is 23.2 Å². The Bertz CT molecular complexity index is 1000. The van der Waals surface area contributed by atoms with Gasteiger partial charge in [-0.3, -0.25) is 14.3 Å². The number of benzene rings is 2. The van der Waals surface area contributed by atoms with E-state index in [0.29, 0.717) is 32.6 Å². The van der Waals surface area contributed by atoms with Crippen molar-refractivity contribution in [1.82, 2.24) is 9.78 Å². The van der Waals surface area contributed by atoms with Crippen molar-refractivity contribution in [3.05, 3.63) is 81.6 Å². The van der Waals surface area contributed by atoms with E-state index < -0.39 is 6.04 Å². The van der Waals surface area contributed by atoms with E-state index in [9.17, 15) is 9.59 Å². The molecule has 0 aliphatic heterocycles. The standard InChI is InChI=1S/C20H17Cl2N3O2/c1-12-17(22)11-23-25(12)13(2)20(27)24-18-9-8-15(21)10-16(18)19(26)14-6-4-3-5-7-14/h3-11,13H,1-2H3,(H,24,27). The third-order valence-corrected chi connectivity index (χ3v) is 4.86. The predicted molar refractivity (Wildman–Crippen MR) is 107 cm³/mol. The van der Waals surface area contributed by atoms with E-state index in [-0.39, 0.29) is 11.7 Å². The van der Waals surface area contributed by atoms with Gasteiger partial charge in [-0.05, 0) is 32.0 Å². The highest BCUT2D eigenvalue weighted by Gasteiger charge is 2.21. The van der Waals surface area contributed by atoms with Crippen molar-refractivity contribution in [3.8, 4) is 0 Å². The number of ketones is 1. The molecule has 0 saturated heterocycles. The molecular weight excluding hydrogens is 385 g/mol. The first kappa shape index (κ1) is 19.1. The first-order valence-electron chi connectivity index (χ1n) is 8.28. The summed E-state index contributed by atoms with van der Waals surface area (Å²) in [6, 6.07) is 13.0. The summed E-state index contributed by atoms with van der Waals surface area (Å²) in [5, 5.41) is 7.83. The second kappa shape index (κ2) is 7.94. The molecule has 138 valence electrons. The molecule has 1 unspecified atom stereocenters. The molecule has 27 heavy (non-hydrogen) atoms. The van der Waals surface area contributed by atoms with Crippen LogP contribution < -0.4 is 5.32 Å². The van der Waals surface area contributed by atoms with E-state index in [1.807, 2.05) is 6.07 Å². The maximum Gasteiger partial charge on any atom is 0.248 e. The molecule has 1 heterocycles. The third-order valence-electron chi connectivity index (χ3n) is 4.25. The van der Waals surface area contributed by atoms with Crippen LogP contribution in [0, 0.1) is 6.92 Å². The fourth-order valence-corrected chi connectivity index (χ4v) is 3.00. The van der Waals surface area contributed by atoms with Gasteiger partial charge in [0.2, 0.25) is 5.91 Å². The van der Waals surface area contributed by atoms with E-state index in [1.54, 1.807) is 56.3 Å². The van der Waals surface area contributed by atoms with Gasteiger partial charge in [-0.25, -0.2) is 0 Å². The van der Waals surface area contributed by atoms with Crippen molar-refractivity contribution in [1.29, 1.82) is 0 Å². The Labute approximate surface area is 166 Å². The summed E-state index contributed by atoms with van der Waals surface area (Å²) in [6.45, 7) is 3.49. The van der Waals surface area contributed by atoms with Crippen LogP contribution in [-0.2, 0) is 4.79 Å². The molecule has 0 aliphatic rings. The lowest BCUT2D eigenvalue weighted by atomic mass is 10.0. The zero-order chi connectivity index (χ0) is 19.6. The molecule has 0 fully saturated rings. The summed E-state index contributed by atoms with van der Waals surface area (Å²) in [5.41, 5.74) is 1.92. The Kier molecular flexibility index (Phi) is 5.63. The number of halogens is 2. The Hall–Kier alpha value is -2.63. The number of amides is 1. The van der Waals surface area contributed by atoms with Crippen molar-refractivity contribution in [2.45, 2.75) is 19.9 Å². The van der Waals surface area contributed by atoms with Crippen LogP contribution in [0.4, 0.5) is 5.69 Å². The van der Waals surface area contributed by atoms with Crippen molar-refractivity contribution in [3.63, 3.8) is 0 Å². The van der Waals surface area contributed by atoms with Crippen LogP contribution in [-0.4, -0.2) is 21.5 Å². The molecule has 0 bridgehead atoms. The molecule has 1 aromatic heterocycles. The number of anilines is 1. The maximum absolute atomic E-state index is 12.9. The SMILES string of the molecule is Cc1c(Cl)cnn1C(C)C(=O)Nc1ccc(Cl)cc1C(=O)c1ccccc1. The lowest BCUT2D eigenvalue weighted by molar-refractivity contribution is -0.119. The monoisotopic (exact) mass is 401 g/mol. The number of hydrogen-bond donors (Lipinski definition) is 1. The minimum Gasteiger partial charge on any atom is -0.324 e. The zero-order valence-electron chi connectivity index (χ0n) is 14.7. The van der Waals surface area contributed by atoms with Gasteiger partial charge in [0.1, 0.15) is 6.04 Å². The van der Waals surface area contributed by atoms with Crippen molar-refractivity contribution >= 4 is 40.6 Å². The molecule has 0 aliphatic carbocycles. The number of carbonyl (C=O) groups is 2. The van der Waals surface area contributed by atoms with Gasteiger partial charge < -0.3 is 5.32 Å². The molecule has 1 amide bonds. The average Bonchev–Trinajstić information content (AvgIpc) is 3.01. The van der Waals surface area contributed by atoms with Gasteiger partial charge in [0.25, 0.3) is 0 Å². The highest BCUT2D eigenvalue weighted by molar-refractivity contribution is 6.31. The summed E-state index contributed by atoms with van der Waals surface area (Å²) in [4.78, 5) is 25.6. The fourth-order valence-electron chi connectivity index (χ4n) is 2.70. The summed E-state index contributed by atoms with van der Waals surface area (Å²) in [7, 11) is 0. The van der Waals surface area contributed by atoms with Crippen molar-refractivity contribution < 1.29 is 9.59 Å². The molecule has 3 aromatic rings. The second-order valence-corrected chi connectivity index (χ2v) is 6.92. The van der Waals surface area contributed by atoms with Crippen LogP contribution in [0.5, 0.6) is 0 Å². The predicted octanol–water partition coefficient (Wildman–Crippen LogP) is 4.93. The topological polar surface area (TPSA) is 64.0 Å². The number of nitrogens with one attached hydrogen (secondary N) is 1. The Balaban J connectivity index is 1.90. The summed E-state index contributed by atoms with van der Waals surface area (Å²) >= 11 is 12.1. The van der Waals surface area contributed by atoms with Crippen LogP contribution in [0.1, 0.15) is 34.6 Å². The van der Waals surface area contributed by atoms with Gasteiger partial charge in [0.15, 0.2) is 5.78 Å². The summed E-state index contributed by atoms with van der Waals surface area (Å²) in [6.07, 6.45) is 1.49. The lowest BCUT2D eigenvalue weighted by Crippen LogP contribution is -2.26. The first-order chi connectivity index (χ1) is 12.9. The van der Waals surface area contributed by atoms with Crippen molar-refractivity contribution in [2.24, 2.45) is 0 Å². The van der Waals surface area contributed by atoms with Gasteiger partial charge >= 0.3 is 0 Å². The summed E-state index contributed by atoms with van der Waals surface area (Å²) < 4.78 is 1.53. The smallest absolute Gasteiger partial charge is 0.248 e. The molecule has 5 nitrogen and oxygen atoms in total. The molecular formula is C20H17Cl2N3O2. The van der Waals surface area contributed by atoms with Gasteiger partial charge in [-0.2, -0.15) is 5.10 Å². The van der Waals surface area contributed by atoms with Crippen LogP contribution in [0.2, 0.25) is 10.0 Å². The molecule has 1 N–H and O–H groups in total. The number of hydrogen-bond acceptors (Lipinski definition) is 3. The van der Waals surface area contributed by atoms with Crippen LogP contribution in [0.3, 0.4) is 0 Å². The highest BCUT2D eigenvalue weighted by atomic mass is 35.5. The van der Waals surface area contributed by atoms with Crippen LogP contribution >= 0.6 is 23.2 Å². The van der Waals surface area contributed by atoms with Gasteiger partial charge in [-0.15, -0.1) is 0 Å². The van der Waals surface area contributed by atoms with E-state index in [2.05, 4.69) is 10.4 Å². The van der Waals surface area contributed by atoms with E-state index in [0.717, 1.165) is 0 Å². The van der Waals surface area contributed by atoms with Gasteiger partial charge in [0, 0.05) is 16.1 Å². The fraction of sp³-hybridized carbons (Fsp3) is 0.150. The second-order valence-electron chi connectivity index (χ2n) is 6.07. The number of rotatable bonds is 5. The minimum absolute atomic E-state index is 0.223. The third kappa shape index (κ3) is 4.04. The van der Waals surface area contributed by atoms with Gasteiger partial charge in [-0.1, -0.05) is 53.5 Å². The summed E-state index contributed by atoms with van der Waals surface area (Å²) in [5.74, 6) is -0.540.